The van der Waals surface area contributed by atoms with Crippen molar-refractivity contribution in [2.45, 2.75) is 12.5 Å². The number of hydrogen-bond donors (Lipinski definition) is 7. The van der Waals surface area contributed by atoms with Crippen molar-refractivity contribution >= 4 is 46.5 Å². The minimum Gasteiger partial charge on any atom is -0.480 e. The first-order valence-corrected chi connectivity index (χ1v) is 9.01. The summed E-state index contributed by atoms with van der Waals surface area (Å²) in [6.45, 7) is 0. The van der Waals surface area contributed by atoms with Gasteiger partial charge in [0, 0.05) is 11.3 Å². The molecule has 12 heteroatoms. The van der Waals surface area contributed by atoms with E-state index in [0.717, 1.165) is 11.0 Å². The Hall–Kier alpha value is -4.45. The van der Waals surface area contributed by atoms with Crippen LogP contribution in [0, 0.1) is 0 Å². The number of para-hydroxylation sites is 2. The van der Waals surface area contributed by atoms with Crippen molar-refractivity contribution in [3.05, 3.63) is 54.1 Å². The average molecular weight is 425 g/mol. The van der Waals surface area contributed by atoms with Crippen LogP contribution < -0.4 is 27.2 Å². The van der Waals surface area contributed by atoms with Crippen LogP contribution in [0.5, 0.6) is 0 Å². The highest BCUT2D eigenvalue weighted by Gasteiger charge is 2.21. The number of aliphatic carboxylic acids is 1. The number of fused-ring (bicyclic) bond motifs is 1. The molecule has 12 nitrogen and oxygen atoms in total. The lowest BCUT2D eigenvalue weighted by Gasteiger charge is -2.14. The Morgan fingerprint density at radius 1 is 1.10 bits per heavy atom. The van der Waals surface area contributed by atoms with Crippen LogP contribution in [0.25, 0.3) is 11.0 Å². The summed E-state index contributed by atoms with van der Waals surface area (Å²) in [7, 11) is 0. The number of nitrogens with zero attached hydrogens (tertiary/aromatic N) is 1. The lowest BCUT2D eigenvalue weighted by atomic mass is 10.2. The Labute approximate surface area is 175 Å². The van der Waals surface area contributed by atoms with Gasteiger partial charge in [0.25, 0.3) is 5.91 Å². The van der Waals surface area contributed by atoms with E-state index in [-0.39, 0.29) is 5.56 Å². The minimum absolute atomic E-state index is 0.170. The molecule has 0 bridgehead atoms. The lowest BCUT2D eigenvalue weighted by Crippen LogP contribution is -2.53. The van der Waals surface area contributed by atoms with Crippen LogP contribution in [0.15, 0.2) is 48.5 Å². The molecular formula is C19H19N7O5. The number of nitrogens with two attached hydrogens (primary N) is 1. The minimum atomic E-state index is -1.44. The number of carboxylic acid groups (broad SMARTS) is 1. The van der Waals surface area contributed by atoms with Gasteiger partial charge in [0.1, 0.15) is 6.04 Å². The van der Waals surface area contributed by atoms with E-state index in [1.54, 1.807) is 12.1 Å². The van der Waals surface area contributed by atoms with E-state index in [1.165, 1.54) is 12.1 Å². The number of carbonyl (C=O) groups excluding carboxylic acids is 3. The summed E-state index contributed by atoms with van der Waals surface area (Å²) < 4.78 is 0. The number of aromatic amines is 1. The second-order valence-corrected chi connectivity index (χ2v) is 6.42. The SMILES string of the molecule is NC(=O)C[C@H](NNC(=O)NC(=O)c1cccc(Nc2nc3ccccc3[nH]2)c1)C(=O)O. The Morgan fingerprint density at radius 2 is 1.87 bits per heavy atom. The quantitative estimate of drug-likeness (QED) is 0.255. The molecule has 3 rings (SSSR count). The highest BCUT2D eigenvalue weighted by atomic mass is 16.4. The molecular weight excluding hydrogens is 406 g/mol. The first kappa shape index (κ1) is 21.3. The maximum atomic E-state index is 12.3. The predicted molar refractivity (Wildman–Crippen MR) is 110 cm³/mol. The van der Waals surface area contributed by atoms with Gasteiger partial charge in [-0.1, -0.05) is 18.2 Å². The van der Waals surface area contributed by atoms with Crippen LogP contribution in [0.3, 0.4) is 0 Å². The number of anilines is 2. The Morgan fingerprint density at radius 3 is 2.58 bits per heavy atom. The number of hydrazine groups is 1. The lowest BCUT2D eigenvalue weighted by molar-refractivity contribution is -0.141. The van der Waals surface area contributed by atoms with Crippen LogP contribution >= 0.6 is 0 Å². The molecule has 8 N–H and O–H groups in total. The number of amides is 4. The van der Waals surface area contributed by atoms with E-state index in [2.05, 4.69) is 20.7 Å². The van der Waals surface area contributed by atoms with Crippen molar-refractivity contribution in [3.63, 3.8) is 0 Å². The van der Waals surface area contributed by atoms with Crippen molar-refractivity contribution in [1.29, 1.82) is 0 Å². The molecule has 0 fully saturated rings. The van der Waals surface area contributed by atoms with Gasteiger partial charge in [0.2, 0.25) is 11.9 Å². The van der Waals surface area contributed by atoms with Crippen molar-refractivity contribution in [3.8, 4) is 0 Å². The third-order valence-electron chi connectivity index (χ3n) is 4.07. The molecule has 0 aliphatic heterocycles. The van der Waals surface area contributed by atoms with E-state index in [0.29, 0.717) is 11.6 Å². The number of hydrogen-bond acceptors (Lipinski definition) is 7. The topological polar surface area (TPSA) is 191 Å². The van der Waals surface area contributed by atoms with Gasteiger partial charge in [-0.05, 0) is 30.3 Å². The van der Waals surface area contributed by atoms with Gasteiger partial charge in [-0.25, -0.2) is 15.2 Å². The molecule has 1 aromatic heterocycles. The molecule has 0 radical (unpaired) electrons. The van der Waals surface area contributed by atoms with Crippen molar-refractivity contribution in [2.75, 3.05) is 5.32 Å². The number of urea groups is 1. The highest BCUT2D eigenvalue weighted by molar-refractivity contribution is 6.04. The van der Waals surface area contributed by atoms with Crippen molar-refractivity contribution in [1.82, 2.24) is 26.1 Å². The molecule has 0 saturated heterocycles. The highest BCUT2D eigenvalue weighted by Crippen LogP contribution is 2.19. The van der Waals surface area contributed by atoms with Crippen LogP contribution in [0.2, 0.25) is 0 Å². The number of benzene rings is 2. The Kier molecular flexibility index (Phi) is 6.42. The normalized spacial score (nSPS) is 11.5. The van der Waals surface area contributed by atoms with E-state index < -0.39 is 36.3 Å². The van der Waals surface area contributed by atoms with Crippen molar-refractivity contribution < 1.29 is 24.3 Å². The smallest absolute Gasteiger partial charge is 0.336 e. The first-order chi connectivity index (χ1) is 14.8. The van der Waals surface area contributed by atoms with E-state index >= 15 is 0 Å². The zero-order valence-corrected chi connectivity index (χ0v) is 16.0. The zero-order valence-electron chi connectivity index (χ0n) is 16.0. The summed E-state index contributed by atoms with van der Waals surface area (Å²) in [6, 6.07) is 11.4. The molecule has 1 atom stereocenters. The number of carbonyl (C=O) groups is 4. The molecule has 0 aliphatic rings. The number of aromatic nitrogens is 2. The summed E-state index contributed by atoms with van der Waals surface area (Å²) in [5.74, 6) is -2.51. The average Bonchev–Trinajstić information content (AvgIpc) is 3.13. The zero-order chi connectivity index (χ0) is 22.4. The molecule has 3 aromatic rings. The molecule has 0 aliphatic carbocycles. The van der Waals surface area contributed by atoms with Gasteiger partial charge in [-0.2, -0.15) is 0 Å². The summed E-state index contributed by atoms with van der Waals surface area (Å²) in [5.41, 5.74) is 11.4. The summed E-state index contributed by atoms with van der Waals surface area (Å²) in [4.78, 5) is 53.5. The van der Waals surface area contributed by atoms with E-state index in [1.807, 2.05) is 35.0 Å². The Bertz CT molecular complexity index is 1110. The fraction of sp³-hybridized carbons (Fsp3) is 0.105. The number of primary amides is 1. The largest absolute Gasteiger partial charge is 0.480 e. The summed E-state index contributed by atoms with van der Waals surface area (Å²) in [6.07, 6.45) is -0.543. The van der Waals surface area contributed by atoms with Crippen LogP contribution in [0.1, 0.15) is 16.8 Å². The van der Waals surface area contributed by atoms with E-state index in [4.69, 9.17) is 10.8 Å². The maximum Gasteiger partial charge on any atom is 0.336 e. The first-order valence-electron chi connectivity index (χ1n) is 9.01. The molecule has 160 valence electrons. The Balaban J connectivity index is 1.59. The van der Waals surface area contributed by atoms with Crippen molar-refractivity contribution in [2.24, 2.45) is 5.73 Å². The van der Waals surface area contributed by atoms with Gasteiger partial charge in [0.05, 0.1) is 17.5 Å². The summed E-state index contributed by atoms with van der Waals surface area (Å²) in [5, 5.41) is 14.1. The molecule has 0 saturated carbocycles. The number of carboxylic acids is 1. The predicted octanol–water partition coefficient (Wildman–Crippen LogP) is 0.579. The van der Waals surface area contributed by atoms with Gasteiger partial charge in [-0.15, -0.1) is 0 Å². The number of H-pyrrole nitrogens is 1. The third-order valence-corrected chi connectivity index (χ3v) is 4.07. The molecule has 1 heterocycles. The number of nitrogens with one attached hydrogen (secondary N) is 5. The molecule has 0 unspecified atom stereocenters. The van der Waals surface area contributed by atoms with Crippen LogP contribution in [-0.2, 0) is 9.59 Å². The fourth-order valence-corrected chi connectivity index (χ4v) is 2.65. The molecule has 0 spiro atoms. The second kappa shape index (κ2) is 9.37. The van der Waals surface area contributed by atoms with Gasteiger partial charge in [-0.3, -0.25) is 25.1 Å². The number of rotatable bonds is 8. The number of imide groups is 1. The van der Waals surface area contributed by atoms with Crippen LogP contribution in [0.4, 0.5) is 16.4 Å². The maximum absolute atomic E-state index is 12.3. The second-order valence-electron chi connectivity index (χ2n) is 6.42. The number of imidazole rings is 1. The monoisotopic (exact) mass is 425 g/mol. The fourth-order valence-electron chi connectivity index (χ4n) is 2.65. The van der Waals surface area contributed by atoms with E-state index in [9.17, 15) is 19.2 Å². The standard InChI is InChI=1S/C19H19N7O5/c20-15(27)9-14(17(29)30)25-26-19(31)24-16(28)10-4-3-5-11(8-10)21-18-22-12-6-1-2-7-13(12)23-18/h1-8,14,25H,9H2,(H2,20,27)(H,29,30)(H2,21,22,23)(H2,24,26,28,31)/t14-/m0/s1. The molecule has 4 amide bonds. The third kappa shape index (κ3) is 5.77. The molecule has 2 aromatic carbocycles. The molecule has 31 heavy (non-hydrogen) atoms. The van der Waals surface area contributed by atoms with Crippen LogP contribution in [-0.4, -0.2) is 44.9 Å². The summed E-state index contributed by atoms with van der Waals surface area (Å²) >= 11 is 0. The van der Waals surface area contributed by atoms with Gasteiger partial charge >= 0.3 is 12.0 Å². The van der Waals surface area contributed by atoms with Gasteiger partial charge in [0.15, 0.2) is 0 Å². The van der Waals surface area contributed by atoms with Gasteiger partial charge < -0.3 is 21.1 Å².